The summed E-state index contributed by atoms with van der Waals surface area (Å²) in [6.45, 7) is 0. The Labute approximate surface area is 132 Å². The van der Waals surface area contributed by atoms with Gasteiger partial charge in [-0.25, -0.2) is 4.39 Å². The molecule has 19 heavy (non-hydrogen) atoms. The van der Waals surface area contributed by atoms with Gasteiger partial charge in [-0.3, -0.25) is 0 Å². The number of benzene rings is 2. The maximum Gasteiger partial charge on any atom is 0.137 e. The van der Waals surface area contributed by atoms with E-state index in [1.165, 1.54) is 6.07 Å². The molecule has 98 valence electrons. The van der Waals surface area contributed by atoms with Crippen LogP contribution in [0.15, 0.2) is 45.3 Å². The molecule has 0 aliphatic rings. The van der Waals surface area contributed by atoms with Crippen LogP contribution < -0.4 is 11.1 Å². The minimum absolute atomic E-state index is 0.296. The van der Waals surface area contributed by atoms with E-state index in [1.807, 2.05) is 18.2 Å². The molecule has 0 amide bonds. The number of hydrogen-bond donors (Lipinski definition) is 2. The van der Waals surface area contributed by atoms with Gasteiger partial charge in [0.1, 0.15) is 10.8 Å². The zero-order valence-corrected chi connectivity index (χ0v) is 13.6. The smallest absolute Gasteiger partial charge is 0.137 e. The number of hydrogen-bond acceptors (Lipinski definition) is 2. The SMILES string of the molecule is NC(=S)c1ccc(Nc2ccc(F)c(Br)c2)cc1Br. The molecule has 3 N–H and O–H groups in total. The van der Waals surface area contributed by atoms with Crippen molar-refractivity contribution in [2.45, 2.75) is 0 Å². The van der Waals surface area contributed by atoms with Gasteiger partial charge in [-0.15, -0.1) is 0 Å². The van der Waals surface area contributed by atoms with E-state index in [4.69, 9.17) is 18.0 Å². The molecule has 6 heteroatoms. The summed E-state index contributed by atoms with van der Waals surface area (Å²) in [4.78, 5) is 0.336. The number of rotatable bonds is 3. The Morgan fingerprint density at radius 2 is 1.63 bits per heavy atom. The topological polar surface area (TPSA) is 38.0 Å². The fraction of sp³-hybridized carbons (Fsp3) is 0. The maximum absolute atomic E-state index is 13.1. The minimum Gasteiger partial charge on any atom is -0.389 e. The molecular weight excluding hydrogens is 395 g/mol. The molecule has 0 bridgehead atoms. The van der Waals surface area contributed by atoms with Crippen molar-refractivity contribution in [1.82, 2.24) is 0 Å². The van der Waals surface area contributed by atoms with Crippen molar-refractivity contribution in [1.29, 1.82) is 0 Å². The summed E-state index contributed by atoms with van der Waals surface area (Å²) in [6, 6.07) is 10.3. The van der Waals surface area contributed by atoms with E-state index in [-0.39, 0.29) is 5.82 Å². The lowest BCUT2D eigenvalue weighted by atomic mass is 10.2. The van der Waals surface area contributed by atoms with Gasteiger partial charge in [0.15, 0.2) is 0 Å². The molecule has 2 aromatic rings. The Kier molecular flexibility index (Phi) is 4.54. The molecule has 0 fully saturated rings. The highest BCUT2D eigenvalue weighted by atomic mass is 79.9. The van der Waals surface area contributed by atoms with Crippen LogP contribution in [0, 0.1) is 5.82 Å². The summed E-state index contributed by atoms with van der Waals surface area (Å²) < 4.78 is 14.4. The van der Waals surface area contributed by atoms with Crippen molar-refractivity contribution >= 4 is 60.4 Å². The second-order valence-corrected chi connectivity index (χ2v) is 5.96. The van der Waals surface area contributed by atoms with Gasteiger partial charge in [0, 0.05) is 21.4 Å². The normalized spacial score (nSPS) is 10.3. The largest absolute Gasteiger partial charge is 0.389 e. The van der Waals surface area contributed by atoms with E-state index < -0.39 is 0 Å². The highest BCUT2D eigenvalue weighted by Crippen LogP contribution is 2.26. The molecule has 2 rings (SSSR count). The van der Waals surface area contributed by atoms with Crippen molar-refractivity contribution in [3.05, 3.63) is 56.7 Å². The third-order valence-electron chi connectivity index (χ3n) is 2.44. The van der Waals surface area contributed by atoms with E-state index in [0.29, 0.717) is 9.46 Å². The van der Waals surface area contributed by atoms with E-state index in [1.54, 1.807) is 12.1 Å². The lowest BCUT2D eigenvalue weighted by molar-refractivity contribution is 0.621. The standard InChI is InChI=1S/C13H9Br2FN2S/c14-10-5-7(1-3-9(10)13(17)19)18-8-2-4-12(16)11(15)6-8/h1-6,18H,(H2,17,19). The van der Waals surface area contributed by atoms with Crippen LogP contribution in [0.5, 0.6) is 0 Å². The van der Waals surface area contributed by atoms with E-state index in [9.17, 15) is 4.39 Å². The van der Waals surface area contributed by atoms with Crippen LogP contribution in [0.1, 0.15) is 5.56 Å². The minimum atomic E-state index is -0.296. The zero-order chi connectivity index (χ0) is 14.0. The van der Waals surface area contributed by atoms with Crippen LogP contribution >= 0.6 is 44.1 Å². The third kappa shape index (κ3) is 3.52. The van der Waals surface area contributed by atoms with Crippen LogP contribution in [0.4, 0.5) is 15.8 Å². The molecular formula is C13H9Br2FN2S. The Morgan fingerprint density at radius 1 is 1.05 bits per heavy atom. The van der Waals surface area contributed by atoms with Crippen LogP contribution in [0.2, 0.25) is 0 Å². The number of nitrogens with one attached hydrogen (secondary N) is 1. The van der Waals surface area contributed by atoms with E-state index in [0.717, 1.165) is 21.4 Å². The molecule has 0 aromatic heterocycles. The summed E-state index contributed by atoms with van der Waals surface area (Å²) in [5, 5.41) is 3.17. The molecule has 0 aliphatic heterocycles. The maximum atomic E-state index is 13.1. The first-order valence-corrected chi connectivity index (χ1v) is 7.28. The summed E-state index contributed by atoms with van der Waals surface area (Å²) >= 11 is 11.5. The molecule has 0 aliphatic carbocycles. The Balaban J connectivity index is 2.26. The second-order valence-electron chi connectivity index (χ2n) is 3.81. The first-order valence-electron chi connectivity index (χ1n) is 5.29. The van der Waals surface area contributed by atoms with E-state index in [2.05, 4.69) is 37.2 Å². The fourth-order valence-electron chi connectivity index (χ4n) is 1.53. The molecule has 0 radical (unpaired) electrons. The summed E-state index contributed by atoms with van der Waals surface area (Å²) in [5.41, 5.74) is 8.00. The zero-order valence-electron chi connectivity index (χ0n) is 9.58. The van der Waals surface area contributed by atoms with Gasteiger partial charge >= 0.3 is 0 Å². The molecule has 0 spiro atoms. The molecule has 0 saturated carbocycles. The number of thiocarbonyl (C=S) groups is 1. The highest BCUT2D eigenvalue weighted by Gasteiger charge is 2.05. The molecule has 0 saturated heterocycles. The molecule has 2 nitrogen and oxygen atoms in total. The Bertz CT molecular complexity index is 647. The lowest BCUT2D eigenvalue weighted by Crippen LogP contribution is -2.10. The average Bonchev–Trinajstić information content (AvgIpc) is 2.33. The lowest BCUT2D eigenvalue weighted by Gasteiger charge is -2.09. The monoisotopic (exact) mass is 402 g/mol. The van der Waals surface area contributed by atoms with Crippen molar-refractivity contribution in [2.75, 3.05) is 5.32 Å². The summed E-state index contributed by atoms with van der Waals surface area (Å²) in [7, 11) is 0. The molecule has 0 atom stereocenters. The number of anilines is 2. The van der Waals surface area contributed by atoms with Gasteiger partial charge in [-0.2, -0.15) is 0 Å². The first kappa shape index (κ1) is 14.4. The van der Waals surface area contributed by atoms with Crippen LogP contribution in [0.3, 0.4) is 0 Å². The van der Waals surface area contributed by atoms with Gasteiger partial charge in [0.05, 0.1) is 4.47 Å². The third-order valence-corrected chi connectivity index (χ3v) is 3.93. The quantitative estimate of drug-likeness (QED) is 0.727. The number of halogens is 3. The molecule has 2 aromatic carbocycles. The van der Waals surface area contributed by atoms with Gasteiger partial charge in [0.2, 0.25) is 0 Å². The van der Waals surface area contributed by atoms with Crippen LogP contribution in [-0.2, 0) is 0 Å². The van der Waals surface area contributed by atoms with E-state index >= 15 is 0 Å². The Morgan fingerprint density at radius 3 is 2.16 bits per heavy atom. The van der Waals surface area contributed by atoms with Gasteiger partial charge in [-0.1, -0.05) is 12.2 Å². The highest BCUT2D eigenvalue weighted by molar-refractivity contribution is 9.10. The van der Waals surface area contributed by atoms with Crippen molar-refractivity contribution < 1.29 is 4.39 Å². The summed E-state index contributed by atoms with van der Waals surface area (Å²) in [5.74, 6) is -0.296. The van der Waals surface area contributed by atoms with Crippen molar-refractivity contribution in [2.24, 2.45) is 5.73 Å². The Hall–Kier alpha value is -0.980. The van der Waals surface area contributed by atoms with Crippen LogP contribution in [0.25, 0.3) is 0 Å². The van der Waals surface area contributed by atoms with Gasteiger partial charge < -0.3 is 11.1 Å². The predicted molar refractivity (Wildman–Crippen MR) is 87.4 cm³/mol. The average molecular weight is 404 g/mol. The second kappa shape index (κ2) is 5.98. The summed E-state index contributed by atoms with van der Waals surface area (Å²) in [6.07, 6.45) is 0. The van der Waals surface area contributed by atoms with Gasteiger partial charge in [-0.05, 0) is 68.3 Å². The fourth-order valence-corrected chi connectivity index (χ4v) is 2.81. The first-order chi connectivity index (χ1) is 8.97. The van der Waals surface area contributed by atoms with Crippen molar-refractivity contribution in [3.63, 3.8) is 0 Å². The van der Waals surface area contributed by atoms with Crippen molar-refractivity contribution in [3.8, 4) is 0 Å². The molecule has 0 unspecified atom stereocenters. The molecule has 0 heterocycles. The predicted octanol–water partition coefficient (Wildman–Crippen LogP) is 4.73. The number of nitrogens with two attached hydrogens (primary N) is 1. The van der Waals surface area contributed by atoms with Crippen LogP contribution in [-0.4, -0.2) is 4.99 Å². The van der Waals surface area contributed by atoms with Gasteiger partial charge in [0.25, 0.3) is 0 Å².